The van der Waals surface area contributed by atoms with Gasteiger partial charge in [0.25, 0.3) is 0 Å². The molecule has 1 heterocycles. The minimum absolute atomic E-state index is 0.600. The number of thiazole rings is 1. The first-order chi connectivity index (χ1) is 6.72. The SMILES string of the molecule is CCNC(C)CC(C)Sc1nccs1. The van der Waals surface area contributed by atoms with Gasteiger partial charge in [0.1, 0.15) is 4.34 Å². The molecule has 0 aliphatic heterocycles. The van der Waals surface area contributed by atoms with E-state index in [2.05, 4.69) is 31.1 Å². The summed E-state index contributed by atoms with van der Waals surface area (Å²) in [6, 6.07) is 0.600. The number of aromatic nitrogens is 1. The standard InChI is InChI=1S/C10H18N2S2/c1-4-11-8(2)7-9(3)14-10-12-5-6-13-10/h5-6,8-9,11H,4,7H2,1-3H3. The zero-order valence-electron chi connectivity index (χ0n) is 8.99. The van der Waals surface area contributed by atoms with E-state index in [9.17, 15) is 0 Å². The van der Waals surface area contributed by atoms with Crippen LogP contribution in [0.5, 0.6) is 0 Å². The highest BCUT2D eigenvalue weighted by Crippen LogP contribution is 2.27. The Labute approximate surface area is 94.5 Å². The van der Waals surface area contributed by atoms with E-state index in [0.717, 1.165) is 6.54 Å². The fraction of sp³-hybridized carbons (Fsp3) is 0.700. The van der Waals surface area contributed by atoms with Gasteiger partial charge in [-0.1, -0.05) is 25.6 Å². The summed E-state index contributed by atoms with van der Waals surface area (Å²) >= 11 is 3.59. The van der Waals surface area contributed by atoms with E-state index < -0.39 is 0 Å². The second-order valence-electron chi connectivity index (χ2n) is 3.42. The quantitative estimate of drug-likeness (QED) is 0.760. The molecule has 0 saturated heterocycles. The average Bonchev–Trinajstić information content (AvgIpc) is 2.56. The van der Waals surface area contributed by atoms with Crippen LogP contribution in [0, 0.1) is 0 Å². The molecule has 0 aliphatic carbocycles. The van der Waals surface area contributed by atoms with Crippen LogP contribution in [0.1, 0.15) is 27.2 Å². The Hall–Kier alpha value is -0.0600. The van der Waals surface area contributed by atoms with Crippen molar-refractivity contribution < 1.29 is 0 Å². The smallest absolute Gasteiger partial charge is 0.150 e. The Morgan fingerprint density at radius 1 is 1.57 bits per heavy atom. The van der Waals surface area contributed by atoms with Gasteiger partial charge in [0.2, 0.25) is 0 Å². The minimum atomic E-state index is 0.600. The molecule has 1 aromatic rings. The molecule has 1 N–H and O–H groups in total. The van der Waals surface area contributed by atoms with E-state index >= 15 is 0 Å². The lowest BCUT2D eigenvalue weighted by Gasteiger charge is -2.16. The molecule has 0 saturated carbocycles. The summed E-state index contributed by atoms with van der Waals surface area (Å²) in [5.41, 5.74) is 0. The third kappa shape index (κ3) is 4.44. The van der Waals surface area contributed by atoms with Gasteiger partial charge in [-0.3, -0.25) is 0 Å². The zero-order valence-corrected chi connectivity index (χ0v) is 10.6. The molecule has 0 aliphatic rings. The van der Waals surface area contributed by atoms with Gasteiger partial charge in [0.15, 0.2) is 0 Å². The molecule has 2 unspecified atom stereocenters. The van der Waals surface area contributed by atoms with Gasteiger partial charge in [-0.05, 0) is 19.9 Å². The fourth-order valence-corrected chi connectivity index (χ4v) is 3.51. The minimum Gasteiger partial charge on any atom is -0.314 e. The van der Waals surface area contributed by atoms with E-state index in [1.54, 1.807) is 11.3 Å². The highest BCUT2D eigenvalue weighted by molar-refractivity contribution is 8.01. The Kier molecular flexibility index (Phi) is 5.52. The monoisotopic (exact) mass is 230 g/mol. The lowest BCUT2D eigenvalue weighted by molar-refractivity contribution is 0.530. The first-order valence-corrected chi connectivity index (χ1v) is 6.77. The van der Waals surface area contributed by atoms with Crippen molar-refractivity contribution in [3.8, 4) is 0 Å². The van der Waals surface area contributed by atoms with Crippen LogP contribution >= 0.6 is 23.1 Å². The average molecular weight is 230 g/mol. The molecule has 2 nitrogen and oxygen atoms in total. The van der Waals surface area contributed by atoms with E-state index in [-0.39, 0.29) is 0 Å². The van der Waals surface area contributed by atoms with Gasteiger partial charge in [-0.2, -0.15) is 0 Å². The van der Waals surface area contributed by atoms with E-state index in [1.165, 1.54) is 10.8 Å². The van der Waals surface area contributed by atoms with Crippen molar-refractivity contribution in [2.45, 2.75) is 42.8 Å². The van der Waals surface area contributed by atoms with Crippen molar-refractivity contribution >= 4 is 23.1 Å². The molecule has 0 fully saturated rings. The third-order valence-corrected chi connectivity index (χ3v) is 3.99. The van der Waals surface area contributed by atoms with Crippen LogP contribution in [0.25, 0.3) is 0 Å². The van der Waals surface area contributed by atoms with Crippen LogP contribution in [0.15, 0.2) is 15.9 Å². The summed E-state index contributed by atoms with van der Waals surface area (Å²) in [5.74, 6) is 0. The molecule has 1 aromatic heterocycles. The predicted octanol–water partition coefficient (Wildman–Crippen LogP) is 3.01. The summed E-state index contributed by atoms with van der Waals surface area (Å²) in [6.07, 6.45) is 3.06. The number of hydrogen-bond donors (Lipinski definition) is 1. The fourth-order valence-electron chi connectivity index (χ4n) is 1.42. The van der Waals surface area contributed by atoms with Crippen LogP contribution in [-0.4, -0.2) is 22.8 Å². The van der Waals surface area contributed by atoms with E-state index in [0.29, 0.717) is 11.3 Å². The lowest BCUT2D eigenvalue weighted by Crippen LogP contribution is -2.28. The molecule has 80 valence electrons. The Bertz CT molecular complexity index is 236. The molecule has 14 heavy (non-hydrogen) atoms. The van der Waals surface area contributed by atoms with Crippen LogP contribution < -0.4 is 5.32 Å². The highest BCUT2D eigenvalue weighted by Gasteiger charge is 2.10. The molecule has 4 heteroatoms. The van der Waals surface area contributed by atoms with Crippen LogP contribution in [0.4, 0.5) is 0 Å². The molecule has 2 atom stereocenters. The third-order valence-electron chi connectivity index (χ3n) is 1.95. The maximum Gasteiger partial charge on any atom is 0.150 e. The summed E-state index contributed by atoms with van der Waals surface area (Å²) in [5, 5.41) is 6.09. The van der Waals surface area contributed by atoms with Crippen LogP contribution in [0.3, 0.4) is 0 Å². The molecule has 0 bridgehead atoms. The molecular formula is C10H18N2S2. The van der Waals surface area contributed by atoms with Crippen molar-refractivity contribution in [3.63, 3.8) is 0 Å². The molecule has 0 spiro atoms. The topological polar surface area (TPSA) is 24.9 Å². The van der Waals surface area contributed by atoms with Crippen LogP contribution in [0.2, 0.25) is 0 Å². The molecule has 0 radical (unpaired) electrons. The number of thioether (sulfide) groups is 1. The molecular weight excluding hydrogens is 212 g/mol. The van der Waals surface area contributed by atoms with Gasteiger partial charge in [-0.15, -0.1) is 11.3 Å². The van der Waals surface area contributed by atoms with E-state index in [4.69, 9.17) is 0 Å². The predicted molar refractivity (Wildman–Crippen MR) is 65.2 cm³/mol. The molecule has 0 amide bonds. The summed E-state index contributed by atoms with van der Waals surface area (Å²) in [4.78, 5) is 4.27. The zero-order chi connectivity index (χ0) is 10.4. The Balaban J connectivity index is 2.25. The lowest BCUT2D eigenvalue weighted by atomic mass is 10.2. The van der Waals surface area contributed by atoms with Crippen molar-refractivity contribution in [2.75, 3.05) is 6.54 Å². The first kappa shape index (κ1) is 12.0. The van der Waals surface area contributed by atoms with Gasteiger partial charge in [0, 0.05) is 22.9 Å². The number of nitrogens with one attached hydrogen (secondary N) is 1. The number of rotatable bonds is 6. The van der Waals surface area contributed by atoms with Crippen molar-refractivity contribution in [2.24, 2.45) is 0 Å². The van der Waals surface area contributed by atoms with Gasteiger partial charge >= 0.3 is 0 Å². The van der Waals surface area contributed by atoms with E-state index in [1.807, 2.05) is 23.3 Å². The molecule has 1 rings (SSSR count). The summed E-state index contributed by atoms with van der Waals surface area (Å²) in [7, 11) is 0. The largest absolute Gasteiger partial charge is 0.314 e. The van der Waals surface area contributed by atoms with Gasteiger partial charge < -0.3 is 5.32 Å². The molecule has 0 aromatic carbocycles. The van der Waals surface area contributed by atoms with Gasteiger partial charge in [0.05, 0.1) is 0 Å². The summed E-state index contributed by atoms with van der Waals surface area (Å²) in [6.45, 7) is 7.70. The highest BCUT2D eigenvalue weighted by atomic mass is 32.2. The second kappa shape index (κ2) is 6.43. The van der Waals surface area contributed by atoms with Gasteiger partial charge in [-0.25, -0.2) is 4.98 Å². The second-order valence-corrected chi connectivity index (χ2v) is 6.00. The Morgan fingerprint density at radius 3 is 2.93 bits per heavy atom. The van der Waals surface area contributed by atoms with Crippen molar-refractivity contribution in [3.05, 3.63) is 11.6 Å². The summed E-state index contributed by atoms with van der Waals surface area (Å²) < 4.78 is 1.18. The van der Waals surface area contributed by atoms with Crippen molar-refractivity contribution in [1.82, 2.24) is 10.3 Å². The Morgan fingerprint density at radius 2 is 2.36 bits per heavy atom. The first-order valence-electron chi connectivity index (χ1n) is 5.02. The maximum absolute atomic E-state index is 4.27. The van der Waals surface area contributed by atoms with Crippen LogP contribution in [-0.2, 0) is 0 Å². The number of nitrogens with zero attached hydrogens (tertiary/aromatic N) is 1. The number of hydrogen-bond acceptors (Lipinski definition) is 4. The maximum atomic E-state index is 4.27. The van der Waals surface area contributed by atoms with Crippen molar-refractivity contribution in [1.29, 1.82) is 0 Å². The normalized spacial score (nSPS) is 15.4.